The first-order valence-electron chi connectivity index (χ1n) is 7.11. The van der Waals surface area contributed by atoms with Crippen molar-refractivity contribution < 1.29 is 19.5 Å². The van der Waals surface area contributed by atoms with Crippen molar-refractivity contribution >= 4 is 17.6 Å². The molecule has 0 bridgehead atoms. The number of amides is 2. The number of unbranched alkanes of at least 4 members (excludes halogenated alkanes) is 1. The van der Waals surface area contributed by atoms with E-state index in [9.17, 15) is 9.59 Å². The molecular formula is C13H24N4O4. The van der Waals surface area contributed by atoms with Crippen molar-refractivity contribution in [3.63, 3.8) is 0 Å². The molecule has 0 aromatic rings. The molecule has 2 amide bonds. The number of hydrogen-bond acceptors (Lipinski definition) is 5. The van der Waals surface area contributed by atoms with Crippen LogP contribution in [0.2, 0.25) is 0 Å². The van der Waals surface area contributed by atoms with Crippen molar-refractivity contribution in [3.05, 3.63) is 0 Å². The summed E-state index contributed by atoms with van der Waals surface area (Å²) in [6, 6.07) is 0. The van der Waals surface area contributed by atoms with Gasteiger partial charge in [-0.1, -0.05) is 18.5 Å². The highest BCUT2D eigenvalue weighted by atomic mass is 16.5. The fraction of sp³-hybridized carbons (Fsp3) is 0.769. The van der Waals surface area contributed by atoms with Gasteiger partial charge in [-0.25, -0.2) is 0 Å². The van der Waals surface area contributed by atoms with Crippen molar-refractivity contribution in [3.8, 4) is 0 Å². The number of carbonyl (C=O) groups excluding carboxylic acids is 2. The minimum Gasteiger partial charge on any atom is -0.409 e. The summed E-state index contributed by atoms with van der Waals surface area (Å²) in [5.74, 6) is -1.05. The van der Waals surface area contributed by atoms with E-state index in [1.54, 1.807) is 0 Å². The van der Waals surface area contributed by atoms with Crippen LogP contribution in [0.1, 0.15) is 32.6 Å². The van der Waals surface area contributed by atoms with E-state index in [1.165, 1.54) is 4.90 Å². The fourth-order valence-corrected chi connectivity index (χ4v) is 2.49. The van der Waals surface area contributed by atoms with E-state index < -0.39 is 11.3 Å². The van der Waals surface area contributed by atoms with Crippen molar-refractivity contribution in [1.29, 1.82) is 0 Å². The molecule has 0 aromatic carbocycles. The average molecular weight is 300 g/mol. The Morgan fingerprint density at radius 2 is 1.95 bits per heavy atom. The van der Waals surface area contributed by atoms with Crippen molar-refractivity contribution in [1.82, 2.24) is 4.90 Å². The van der Waals surface area contributed by atoms with Crippen LogP contribution in [-0.2, 0) is 14.3 Å². The van der Waals surface area contributed by atoms with Crippen LogP contribution in [0.4, 0.5) is 0 Å². The third kappa shape index (κ3) is 4.07. The zero-order valence-corrected chi connectivity index (χ0v) is 12.4. The Balaban J connectivity index is 3.02. The summed E-state index contributed by atoms with van der Waals surface area (Å²) in [5.41, 5.74) is 9.86. The van der Waals surface area contributed by atoms with E-state index in [4.69, 9.17) is 21.4 Å². The topological polar surface area (TPSA) is 131 Å². The molecule has 0 atom stereocenters. The number of amidine groups is 1. The van der Waals surface area contributed by atoms with Gasteiger partial charge in [-0.15, -0.1) is 0 Å². The number of rotatable bonds is 7. The molecule has 0 unspecified atom stereocenters. The maximum Gasteiger partial charge on any atom is 0.237 e. The Hall–Kier alpha value is -1.83. The molecule has 1 fully saturated rings. The maximum absolute atomic E-state index is 12.9. The molecule has 1 heterocycles. The van der Waals surface area contributed by atoms with Crippen LogP contribution >= 0.6 is 0 Å². The summed E-state index contributed by atoms with van der Waals surface area (Å²) in [6.07, 6.45) is 2.27. The molecule has 1 aliphatic rings. The number of hydrogen-bond donors (Lipinski definition) is 3. The zero-order chi connectivity index (χ0) is 15.9. The number of nitrogens with zero attached hydrogens (tertiary/aromatic N) is 2. The van der Waals surface area contributed by atoms with Gasteiger partial charge in [0.1, 0.15) is 5.41 Å². The van der Waals surface area contributed by atoms with Crippen LogP contribution in [0.15, 0.2) is 5.16 Å². The lowest BCUT2D eigenvalue weighted by Crippen LogP contribution is -2.55. The van der Waals surface area contributed by atoms with Gasteiger partial charge in [0.05, 0.1) is 6.54 Å². The van der Waals surface area contributed by atoms with E-state index in [2.05, 4.69) is 5.16 Å². The molecule has 1 aliphatic heterocycles. The predicted octanol–water partition coefficient (Wildman–Crippen LogP) is -0.356. The fourth-order valence-electron chi connectivity index (χ4n) is 2.49. The highest BCUT2D eigenvalue weighted by Gasteiger charge is 2.46. The lowest BCUT2D eigenvalue weighted by atomic mass is 9.77. The first kappa shape index (κ1) is 17.2. The van der Waals surface area contributed by atoms with Gasteiger partial charge in [-0.05, 0) is 19.3 Å². The van der Waals surface area contributed by atoms with Crippen LogP contribution < -0.4 is 11.5 Å². The second-order valence-electron chi connectivity index (χ2n) is 5.23. The second kappa shape index (κ2) is 7.82. The highest BCUT2D eigenvalue weighted by Crippen LogP contribution is 2.33. The molecule has 5 N–H and O–H groups in total. The molecule has 0 aromatic heterocycles. The normalized spacial score (nSPS) is 18.2. The van der Waals surface area contributed by atoms with Gasteiger partial charge < -0.3 is 26.3 Å². The minimum absolute atomic E-state index is 0.137. The standard InChI is InChI=1S/C13H24N4O4/c1-2-3-6-17(9-10(14)18)12(19)13(11(15)16-20)4-7-21-8-5-13/h20H,2-9H2,1H3,(H2,14,18)(H2,15,16). The molecular weight excluding hydrogens is 276 g/mol. The predicted molar refractivity (Wildman–Crippen MR) is 76.6 cm³/mol. The second-order valence-corrected chi connectivity index (χ2v) is 5.23. The number of oxime groups is 1. The number of nitrogens with two attached hydrogens (primary N) is 2. The number of ether oxygens (including phenoxy) is 1. The molecule has 0 radical (unpaired) electrons. The third-order valence-corrected chi connectivity index (χ3v) is 3.77. The van der Waals surface area contributed by atoms with Gasteiger partial charge in [0.25, 0.3) is 0 Å². The SMILES string of the molecule is CCCCN(CC(N)=O)C(=O)C1(C(N)=NO)CCOCC1. The van der Waals surface area contributed by atoms with Crippen LogP contribution in [0.5, 0.6) is 0 Å². The van der Waals surface area contributed by atoms with E-state index in [0.717, 1.165) is 12.8 Å². The quantitative estimate of drug-likeness (QED) is 0.256. The number of carbonyl (C=O) groups is 2. The third-order valence-electron chi connectivity index (χ3n) is 3.77. The van der Waals surface area contributed by atoms with Gasteiger partial charge in [0, 0.05) is 19.8 Å². The first-order valence-corrected chi connectivity index (χ1v) is 7.11. The molecule has 0 saturated carbocycles. The van der Waals surface area contributed by atoms with Crippen LogP contribution in [0.25, 0.3) is 0 Å². The van der Waals surface area contributed by atoms with Crippen LogP contribution in [-0.4, -0.2) is 54.1 Å². The summed E-state index contributed by atoms with van der Waals surface area (Å²) in [6.45, 7) is 2.93. The summed E-state index contributed by atoms with van der Waals surface area (Å²) in [4.78, 5) is 25.4. The monoisotopic (exact) mass is 300 g/mol. The Bertz CT molecular complexity index is 405. The lowest BCUT2D eigenvalue weighted by Gasteiger charge is -2.38. The highest BCUT2D eigenvalue weighted by molar-refractivity contribution is 6.07. The van der Waals surface area contributed by atoms with E-state index in [0.29, 0.717) is 32.6 Å². The largest absolute Gasteiger partial charge is 0.409 e. The molecule has 8 nitrogen and oxygen atoms in total. The van der Waals surface area contributed by atoms with E-state index in [-0.39, 0.29) is 18.3 Å². The molecule has 0 spiro atoms. The van der Waals surface area contributed by atoms with Gasteiger partial charge >= 0.3 is 0 Å². The van der Waals surface area contributed by atoms with Crippen molar-refractivity contribution in [2.45, 2.75) is 32.6 Å². The molecule has 1 saturated heterocycles. The minimum atomic E-state index is -1.11. The number of primary amides is 1. The van der Waals surface area contributed by atoms with E-state index >= 15 is 0 Å². The molecule has 21 heavy (non-hydrogen) atoms. The Morgan fingerprint density at radius 1 is 1.33 bits per heavy atom. The molecule has 1 rings (SSSR count). The van der Waals surface area contributed by atoms with Crippen molar-refractivity contribution in [2.24, 2.45) is 22.0 Å². The van der Waals surface area contributed by atoms with E-state index in [1.807, 2.05) is 6.92 Å². The Labute approximate surface area is 124 Å². The summed E-state index contributed by atoms with van der Waals surface area (Å²) in [5, 5.41) is 12.0. The zero-order valence-electron chi connectivity index (χ0n) is 12.4. The molecule has 120 valence electrons. The summed E-state index contributed by atoms with van der Waals surface area (Å²) < 4.78 is 5.26. The smallest absolute Gasteiger partial charge is 0.237 e. The van der Waals surface area contributed by atoms with Crippen LogP contribution in [0.3, 0.4) is 0 Å². The van der Waals surface area contributed by atoms with Gasteiger partial charge in [-0.3, -0.25) is 9.59 Å². The molecule has 0 aliphatic carbocycles. The Kier molecular flexibility index (Phi) is 6.41. The molecule has 8 heteroatoms. The lowest BCUT2D eigenvalue weighted by molar-refractivity contribution is -0.145. The van der Waals surface area contributed by atoms with Gasteiger partial charge in [-0.2, -0.15) is 0 Å². The van der Waals surface area contributed by atoms with Crippen LogP contribution in [0, 0.1) is 5.41 Å². The van der Waals surface area contributed by atoms with Gasteiger partial charge in [0.2, 0.25) is 11.8 Å². The maximum atomic E-state index is 12.9. The average Bonchev–Trinajstić information content (AvgIpc) is 2.50. The summed E-state index contributed by atoms with van der Waals surface area (Å²) in [7, 11) is 0. The summed E-state index contributed by atoms with van der Waals surface area (Å²) >= 11 is 0. The Morgan fingerprint density at radius 3 is 2.43 bits per heavy atom. The van der Waals surface area contributed by atoms with Gasteiger partial charge in [0.15, 0.2) is 5.84 Å². The van der Waals surface area contributed by atoms with Crippen molar-refractivity contribution in [2.75, 3.05) is 26.3 Å². The first-order chi connectivity index (χ1) is 9.97.